The Hall–Kier alpha value is -6.10. The highest BCUT2D eigenvalue weighted by molar-refractivity contribution is 5.81. The molecule has 0 amide bonds. The summed E-state index contributed by atoms with van der Waals surface area (Å²) in [4.78, 5) is 0. The number of quaternary nitrogens is 1. The van der Waals surface area contributed by atoms with Crippen molar-refractivity contribution in [1.29, 1.82) is 0 Å². The quantitative estimate of drug-likeness (QED) is 0.133. The van der Waals surface area contributed by atoms with E-state index >= 15 is 0 Å². The van der Waals surface area contributed by atoms with E-state index in [4.69, 9.17) is 0 Å². The van der Waals surface area contributed by atoms with E-state index in [1.807, 2.05) is 36.4 Å². The molecule has 50 heavy (non-hydrogen) atoms. The minimum Gasteiger partial charge on any atom is -0.872 e. The van der Waals surface area contributed by atoms with Crippen LogP contribution in [0, 0.1) is 20.8 Å². The molecule has 0 spiro atoms. The fourth-order valence-corrected chi connectivity index (χ4v) is 6.42. The summed E-state index contributed by atoms with van der Waals surface area (Å²) >= 11 is 0. The van der Waals surface area contributed by atoms with E-state index < -0.39 is 0 Å². The molecule has 2 N–H and O–H groups in total. The highest BCUT2D eigenvalue weighted by Crippen LogP contribution is 2.51. The van der Waals surface area contributed by atoms with Crippen LogP contribution in [0.25, 0.3) is 0 Å². The van der Waals surface area contributed by atoms with Crippen molar-refractivity contribution in [1.82, 2.24) is 4.48 Å². The second-order valence-corrected chi connectivity index (χ2v) is 12.7. The molecule has 4 nitrogen and oxygen atoms in total. The van der Waals surface area contributed by atoms with Gasteiger partial charge in [0.2, 0.25) is 0 Å². The minimum absolute atomic E-state index is 0.0288. The lowest BCUT2D eigenvalue weighted by molar-refractivity contribution is -0.268. The SMILES string of the molecule is Cc1ccc([N+](c2ccccc2)(c2ccc(C)cc2)c2ccc(C)cc2)cc1.[O-]c1ccc(C(c2ccc(O)cc2)c2ccc(O)cc2)cc1. The van der Waals surface area contributed by atoms with Gasteiger partial charge in [-0.15, -0.1) is 5.75 Å². The Kier molecular flexibility index (Phi) is 10.1. The maximum Gasteiger partial charge on any atom is 0.148 e. The molecule has 0 radical (unpaired) electrons. The van der Waals surface area contributed by atoms with E-state index in [-0.39, 0.29) is 23.2 Å². The molecule has 0 aliphatic rings. The molecule has 7 aromatic rings. The summed E-state index contributed by atoms with van der Waals surface area (Å²) in [5, 5.41) is 30.3. The highest BCUT2D eigenvalue weighted by Gasteiger charge is 2.39. The summed E-state index contributed by atoms with van der Waals surface area (Å²) in [5.41, 5.74) is 11.7. The van der Waals surface area contributed by atoms with Crippen LogP contribution in [0.15, 0.2) is 176 Å². The Bertz CT molecular complexity index is 1890. The van der Waals surface area contributed by atoms with Crippen LogP contribution in [0.3, 0.4) is 0 Å². The minimum atomic E-state index is -0.0678. The van der Waals surface area contributed by atoms with Crippen molar-refractivity contribution < 1.29 is 15.3 Å². The highest BCUT2D eigenvalue weighted by atomic mass is 16.3. The maximum atomic E-state index is 11.3. The molecule has 0 heterocycles. The van der Waals surface area contributed by atoms with E-state index in [0.717, 1.165) is 16.7 Å². The summed E-state index contributed by atoms with van der Waals surface area (Å²) in [7, 11) is 0. The zero-order valence-electron chi connectivity index (χ0n) is 28.6. The summed E-state index contributed by atoms with van der Waals surface area (Å²) in [6.45, 7) is 6.41. The lowest BCUT2D eigenvalue weighted by atomic mass is 9.85. The van der Waals surface area contributed by atoms with Crippen molar-refractivity contribution in [2.24, 2.45) is 0 Å². The molecule has 0 aliphatic carbocycles. The normalized spacial score (nSPS) is 11.1. The molecular formula is C46H41NO3. The molecule has 0 aromatic heterocycles. The number of hydrogen-bond donors (Lipinski definition) is 2. The molecule has 0 aliphatic heterocycles. The van der Waals surface area contributed by atoms with E-state index in [1.165, 1.54) is 39.4 Å². The number of nitrogens with zero attached hydrogens (tertiary/aromatic N) is 1. The topological polar surface area (TPSA) is 63.5 Å². The van der Waals surface area contributed by atoms with Crippen molar-refractivity contribution in [3.8, 4) is 17.2 Å². The first-order valence-corrected chi connectivity index (χ1v) is 16.8. The van der Waals surface area contributed by atoms with E-state index in [1.54, 1.807) is 36.4 Å². The molecule has 4 heteroatoms. The first-order chi connectivity index (χ1) is 24.2. The summed E-state index contributed by atoms with van der Waals surface area (Å²) < 4.78 is 0.557. The van der Waals surface area contributed by atoms with Crippen molar-refractivity contribution in [3.05, 3.63) is 209 Å². The number of aryl methyl sites for hydroxylation is 3. The standard InChI is InChI=1S/C27H26N.C19H16O3/c1-21-9-15-25(16-10-21)28(24-7-5-4-6-8-24,26-17-11-22(2)12-18-26)27-19-13-23(3)14-20-27;20-16-7-1-13(2-8-16)19(14-3-9-17(21)10-4-14)15-5-11-18(22)12-6-15/h4-20H,1-3H3;1-12,19-22H/q+1;/p-1. The van der Waals surface area contributed by atoms with Crippen LogP contribution in [0.1, 0.15) is 39.3 Å². The van der Waals surface area contributed by atoms with E-state index in [0.29, 0.717) is 4.48 Å². The second-order valence-electron chi connectivity index (χ2n) is 12.7. The number of para-hydroxylation sites is 1. The van der Waals surface area contributed by atoms with Crippen LogP contribution in [-0.4, -0.2) is 10.2 Å². The molecule has 0 saturated carbocycles. The second kappa shape index (κ2) is 15.0. The first-order valence-electron chi connectivity index (χ1n) is 16.8. The molecule has 7 aromatic carbocycles. The van der Waals surface area contributed by atoms with Crippen LogP contribution in [0.4, 0.5) is 22.7 Å². The van der Waals surface area contributed by atoms with Crippen LogP contribution in [0.5, 0.6) is 17.2 Å². The molecule has 0 atom stereocenters. The summed E-state index contributed by atoms with van der Waals surface area (Å²) in [5.74, 6) is 0.326. The van der Waals surface area contributed by atoms with Gasteiger partial charge in [0.15, 0.2) is 0 Å². The number of rotatable bonds is 7. The maximum absolute atomic E-state index is 11.3. The van der Waals surface area contributed by atoms with Crippen LogP contribution in [0.2, 0.25) is 0 Å². The smallest absolute Gasteiger partial charge is 0.148 e. The van der Waals surface area contributed by atoms with E-state index in [2.05, 4.69) is 124 Å². The Morgan fingerprint density at radius 3 is 1.02 bits per heavy atom. The molecule has 0 bridgehead atoms. The van der Waals surface area contributed by atoms with Crippen LogP contribution < -0.4 is 9.59 Å². The van der Waals surface area contributed by atoms with Crippen molar-refractivity contribution in [2.75, 3.05) is 0 Å². The molecule has 0 fully saturated rings. The van der Waals surface area contributed by atoms with Gasteiger partial charge in [0.05, 0.1) is 0 Å². The molecular weight excluding hydrogens is 615 g/mol. The predicted molar refractivity (Wildman–Crippen MR) is 204 cm³/mol. The van der Waals surface area contributed by atoms with Gasteiger partial charge >= 0.3 is 0 Å². The third kappa shape index (κ3) is 7.31. The van der Waals surface area contributed by atoms with Gasteiger partial charge in [-0.25, -0.2) is 0 Å². The van der Waals surface area contributed by atoms with Crippen molar-refractivity contribution >= 4 is 22.7 Å². The molecule has 0 unspecified atom stereocenters. The molecule has 7 rings (SSSR count). The lowest BCUT2D eigenvalue weighted by Gasteiger charge is -2.37. The Labute approximate surface area is 295 Å². The molecule has 248 valence electrons. The Morgan fingerprint density at radius 1 is 0.380 bits per heavy atom. The van der Waals surface area contributed by atoms with Crippen LogP contribution >= 0.6 is 0 Å². The van der Waals surface area contributed by atoms with Gasteiger partial charge in [-0.1, -0.05) is 120 Å². The number of hydrogen-bond acceptors (Lipinski definition) is 3. The lowest BCUT2D eigenvalue weighted by Crippen LogP contribution is -2.33. The van der Waals surface area contributed by atoms with Gasteiger partial charge in [0.1, 0.15) is 34.2 Å². The number of phenols is 2. The van der Waals surface area contributed by atoms with Crippen LogP contribution in [-0.2, 0) is 0 Å². The van der Waals surface area contributed by atoms with Gasteiger partial charge < -0.3 is 15.3 Å². The fraction of sp³-hybridized carbons (Fsp3) is 0.0870. The Morgan fingerprint density at radius 2 is 0.680 bits per heavy atom. The zero-order chi connectivity index (χ0) is 35.1. The van der Waals surface area contributed by atoms with Crippen molar-refractivity contribution in [2.45, 2.75) is 26.7 Å². The van der Waals surface area contributed by atoms with Crippen molar-refractivity contribution in [3.63, 3.8) is 0 Å². The van der Waals surface area contributed by atoms with Gasteiger partial charge in [-0.05, 0) is 61.7 Å². The van der Waals surface area contributed by atoms with Gasteiger partial charge in [-0.3, -0.25) is 0 Å². The van der Waals surface area contributed by atoms with Gasteiger partial charge in [0.25, 0.3) is 0 Å². The van der Waals surface area contributed by atoms with E-state index in [9.17, 15) is 15.3 Å². The number of benzene rings is 7. The third-order valence-electron chi connectivity index (χ3n) is 9.07. The summed E-state index contributed by atoms with van der Waals surface area (Å²) in [6.07, 6.45) is 0. The number of aromatic hydroxyl groups is 2. The number of phenolic OH excluding ortho intramolecular Hbond substituents is 2. The zero-order valence-corrected chi connectivity index (χ0v) is 28.6. The fourth-order valence-electron chi connectivity index (χ4n) is 6.42. The monoisotopic (exact) mass is 655 g/mol. The largest absolute Gasteiger partial charge is 0.872 e. The predicted octanol–water partition coefficient (Wildman–Crippen LogP) is 11.3. The molecule has 0 saturated heterocycles. The average molecular weight is 656 g/mol. The van der Waals surface area contributed by atoms with Gasteiger partial charge in [0, 0.05) is 54.4 Å². The average Bonchev–Trinajstić information content (AvgIpc) is 3.14. The summed E-state index contributed by atoms with van der Waals surface area (Å²) in [6, 6.07) is 58.2. The Balaban J connectivity index is 0.000000178. The van der Waals surface area contributed by atoms with Gasteiger partial charge in [-0.2, -0.15) is 4.48 Å². The first kappa shape index (κ1) is 33.8. The third-order valence-corrected chi connectivity index (χ3v) is 9.07.